The zero-order valence-electron chi connectivity index (χ0n) is 12.7. The Kier molecular flexibility index (Phi) is 4.98. The molecule has 0 spiro atoms. The largest absolute Gasteiger partial charge is 0.464 e. The van der Waals surface area contributed by atoms with Crippen molar-refractivity contribution >= 4 is 11.9 Å². The van der Waals surface area contributed by atoms with Crippen LogP contribution in [0, 0.1) is 0 Å². The highest BCUT2D eigenvalue weighted by Gasteiger charge is 2.35. The van der Waals surface area contributed by atoms with E-state index in [9.17, 15) is 0 Å². The number of rotatable bonds is 8. The van der Waals surface area contributed by atoms with Crippen molar-refractivity contribution in [2.75, 3.05) is 23.8 Å². The minimum atomic E-state index is 0.160. The van der Waals surface area contributed by atoms with Crippen LogP contribution in [0.4, 0.5) is 11.9 Å². The summed E-state index contributed by atoms with van der Waals surface area (Å²) in [5, 5.41) is 6.67. The molecular formula is C14H25N5O. The van der Waals surface area contributed by atoms with E-state index in [1.165, 1.54) is 19.3 Å². The Hall–Kier alpha value is -1.59. The van der Waals surface area contributed by atoms with Gasteiger partial charge in [-0.2, -0.15) is 15.0 Å². The molecule has 0 atom stereocenters. The lowest BCUT2D eigenvalue weighted by atomic mass is 9.75. The molecule has 6 heteroatoms. The zero-order valence-corrected chi connectivity index (χ0v) is 12.7. The predicted octanol–water partition coefficient (Wildman–Crippen LogP) is 2.84. The summed E-state index contributed by atoms with van der Waals surface area (Å²) in [5.41, 5.74) is 0.160. The minimum Gasteiger partial charge on any atom is -0.464 e. The van der Waals surface area contributed by atoms with Crippen molar-refractivity contribution in [2.24, 2.45) is 0 Å². The first kappa shape index (κ1) is 14.8. The van der Waals surface area contributed by atoms with E-state index in [2.05, 4.69) is 39.4 Å². The maximum atomic E-state index is 5.42. The van der Waals surface area contributed by atoms with Gasteiger partial charge in [-0.15, -0.1) is 0 Å². The Morgan fingerprint density at radius 3 is 2.40 bits per heavy atom. The lowest BCUT2D eigenvalue weighted by Crippen LogP contribution is -2.44. The third-order valence-corrected chi connectivity index (χ3v) is 3.79. The second-order valence-electron chi connectivity index (χ2n) is 5.24. The standard InChI is InChI=1S/C14H25N5O/c1-4-10-15-11-16-12(18-13(17-11)20-6-3)19-14(5-2)8-7-9-14/h4-10H2,1-3H3,(H2,15,16,17,18,19). The average Bonchev–Trinajstić information content (AvgIpc) is 2.41. The molecule has 6 nitrogen and oxygen atoms in total. The Bertz CT molecular complexity index is 428. The van der Waals surface area contributed by atoms with Crippen LogP contribution in [-0.2, 0) is 0 Å². The van der Waals surface area contributed by atoms with E-state index >= 15 is 0 Å². The van der Waals surface area contributed by atoms with Crippen molar-refractivity contribution in [3.63, 3.8) is 0 Å². The maximum absolute atomic E-state index is 5.42. The minimum absolute atomic E-state index is 0.160. The summed E-state index contributed by atoms with van der Waals surface area (Å²) >= 11 is 0. The summed E-state index contributed by atoms with van der Waals surface area (Å²) in [7, 11) is 0. The van der Waals surface area contributed by atoms with Crippen molar-refractivity contribution in [1.82, 2.24) is 15.0 Å². The van der Waals surface area contributed by atoms with Gasteiger partial charge in [-0.3, -0.25) is 0 Å². The first-order chi connectivity index (χ1) is 9.71. The molecule has 0 radical (unpaired) electrons. The summed E-state index contributed by atoms with van der Waals surface area (Å²) in [5.74, 6) is 1.20. The van der Waals surface area contributed by atoms with E-state index in [1.54, 1.807) is 0 Å². The fourth-order valence-electron chi connectivity index (χ4n) is 2.33. The van der Waals surface area contributed by atoms with Gasteiger partial charge in [0, 0.05) is 12.1 Å². The molecule has 1 aromatic heterocycles. The molecule has 1 heterocycles. The molecule has 1 fully saturated rings. The first-order valence-electron chi connectivity index (χ1n) is 7.62. The lowest BCUT2D eigenvalue weighted by molar-refractivity contribution is 0.266. The Morgan fingerprint density at radius 2 is 1.85 bits per heavy atom. The number of aromatic nitrogens is 3. The lowest BCUT2D eigenvalue weighted by Gasteiger charge is -2.41. The Balaban J connectivity index is 2.15. The van der Waals surface area contributed by atoms with Gasteiger partial charge in [-0.25, -0.2) is 0 Å². The van der Waals surface area contributed by atoms with E-state index in [1.807, 2.05) is 6.92 Å². The monoisotopic (exact) mass is 279 g/mol. The number of nitrogens with zero attached hydrogens (tertiary/aromatic N) is 3. The highest BCUT2D eigenvalue weighted by Crippen LogP contribution is 2.37. The number of nitrogens with one attached hydrogen (secondary N) is 2. The van der Waals surface area contributed by atoms with Gasteiger partial charge in [0.15, 0.2) is 0 Å². The van der Waals surface area contributed by atoms with Crippen molar-refractivity contribution in [2.45, 2.75) is 58.4 Å². The molecular weight excluding hydrogens is 254 g/mol. The van der Waals surface area contributed by atoms with Crippen LogP contribution in [0.1, 0.15) is 52.9 Å². The van der Waals surface area contributed by atoms with Gasteiger partial charge in [0.2, 0.25) is 11.9 Å². The highest BCUT2D eigenvalue weighted by molar-refractivity contribution is 5.38. The van der Waals surface area contributed by atoms with Crippen molar-refractivity contribution in [3.8, 4) is 6.01 Å². The van der Waals surface area contributed by atoms with Gasteiger partial charge in [0.25, 0.3) is 0 Å². The molecule has 0 amide bonds. The molecule has 1 saturated carbocycles. The smallest absolute Gasteiger partial charge is 0.323 e. The van der Waals surface area contributed by atoms with Crippen molar-refractivity contribution in [3.05, 3.63) is 0 Å². The second-order valence-corrected chi connectivity index (χ2v) is 5.24. The average molecular weight is 279 g/mol. The maximum Gasteiger partial charge on any atom is 0.323 e. The van der Waals surface area contributed by atoms with Crippen molar-refractivity contribution in [1.29, 1.82) is 0 Å². The topological polar surface area (TPSA) is 72.0 Å². The van der Waals surface area contributed by atoms with Gasteiger partial charge in [-0.1, -0.05) is 13.8 Å². The van der Waals surface area contributed by atoms with Crippen LogP contribution in [0.25, 0.3) is 0 Å². The summed E-state index contributed by atoms with van der Waals surface area (Å²) in [6, 6.07) is 0.383. The Morgan fingerprint density at radius 1 is 1.10 bits per heavy atom. The number of hydrogen-bond acceptors (Lipinski definition) is 6. The molecule has 0 aliphatic heterocycles. The normalized spacial score (nSPS) is 16.4. The highest BCUT2D eigenvalue weighted by atomic mass is 16.5. The van der Waals surface area contributed by atoms with E-state index < -0.39 is 0 Å². The quantitative estimate of drug-likeness (QED) is 0.762. The van der Waals surface area contributed by atoms with E-state index in [4.69, 9.17) is 4.74 Å². The summed E-state index contributed by atoms with van der Waals surface area (Å²) < 4.78 is 5.42. The summed E-state index contributed by atoms with van der Waals surface area (Å²) in [4.78, 5) is 13.1. The third-order valence-electron chi connectivity index (χ3n) is 3.79. The zero-order chi connectivity index (χ0) is 14.4. The van der Waals surface area contributed by atoms with Crippen LogP contribution >= 0.6 is 0 Å². The number of hydrogen-bond donors (Lipinski definition) is 2. The van der Waals surface area contributed by atoms with Crippen LogP contribution < -0.4 is 15.4 Å². The van der Waals surface area contributed by atoms with Gasteiger partial charge < -0.3 is 15.4 Å². The SMILES string of the molecule is CCCNc1nc(NC2(CC)CCC2)nc(OCC)n1. The molecule has 1 aliphatic carbocycles. The van der Waals surface area contributed by atoms with Crippen molar-refractivity contribution < 1.29 is 4.74 Å². The molecule has 0 unspecified atom stereocenters. The fraction of sp³-hybridized carbons (Fsp3) is 0.786. The molecule has 2 N–H and O–H groups in total. The van der Waals surface area contributed by atoms with Crippen LogP contribution in [0.5, 0.6) is 6.01 Å². The van der Waals surface area contributed by atoms with Gasteiger partial charge >= 0.3 is 6.01 Å². The molecule has 112 valence electrons. The number of ether oxygens (including phenoxy) is 1. The molecule has 0 bridgehead atoms. The summed E-state index contributed by atoms with van der Waals surface area (Å²) in [6.07, 6.45) is 5.73. The van der Waals surface area contributed by atoms with Gasteiger partial charge in [0.05, 0.1) is 6.61 Å². The molecule has 20 heavy (non-hydrogen) atoms. The molecule has 1 aromatic rings. The van der Waals surface area contributed by atoms with E-state index in [-0.39, 0.29) is 5.54 Å². The Labute approximate surface area is 120 Å². The molecule has 1 aliphatic rings. The van der Waals surface area contributed by atoms with Gasteiger partial charge in [-0.05, 0) is 39.0 Å². The first-order valence-corrected chi connectivity index (χ1v) is 7.62. The number of anilines is 2. The van der Waals surface area contributed by atoms with Crippen LogP contribution in [0.3, 0.4) is 0 Å². The van der Waals surface area contributed by atoms with Gasteiger partial charge in [0.1, 0.15) is 0 Å². The fourth-order valence-corrected chi connectivity index (χ4v) is 2.33. The van der Waals surface area contributed by atoms with Crippen LogP contribution in [0.2, 0.25) is 0 Å². The summed E-state index contributed by atoms with van der Waals surface area (Å²) in [6.45, 7) is 7.63. The van der Waals surface area contributed by atoms with Crippen LogP contribution in [0.15, 0.2) is 0 Å². The molecule has 0 aromatic carbocycles. The second kappa shape index (κ2) is 6.72. The van der Waals surface area contributed by atoms with E-state index in [0.717, 1.165) is 19.4 Å². The molecule has 0 saturated heterocycles. The van der Waals surface area contributed by atoms with Crippen LogP contribution in [-0.4, -0.2) is 33.6 Å². The van der Waals surface area contributed by atoms with E-state index in [0.29, 0.717) is 24.5 Å². The third kappa shape index (κ3) is 3.49. The predicted molar refractivity (Wildman–Crippen MR) is 80.3 cm³/mol. The molecule has 2 rings (SSSR count).